The van der Waals surface area contributed by atoms with Crippen LogP contribution in [0.5, 0.6) is 5.75 Å². The van der Waals surface area contributed by atoms with Crippen LogP contribution in [0.4, 0.5) is 0 Å². The van der Waals surface area contributed by atoms with E-state index >= 15 is 0 Å². The molecule has 0 spiro atoms. The number of oxazole rings is 1. The first kappa shape index (κ1) is 20.5. The summed E-state index contributed by atoms with van der Waals surface area (Å²) in [6.07, 6.45) is 1.75. The molecule has 1 aromatic heterocycles. The summed E-state index contributed by atoms with van der Waals surface area (Å²) in [6, 6.07) is 14.3. The van der Waals surface area contributed by atoms with Crippen molar-refractivity contribution in [3.05, 3.63) is 71.2 Å². The first-order valence-corrected chi connectivity index (χ1v) is 9.63. The monoisotopic (exact) mass is 392 g/mol. The SMILES string of the molecule is CN=C(NCc1ncc(-c2ccc(C)cc2)o1)NC(C)c1cc(C)ccc1OC. The van der Waals surface area contributed by atoms with Gasteiger partial charge in [-0.1, -0.05) is 47.5 Å². The molecule has 0 radical (unpaired) electrons. The molecule has 3 rings (SSSR count). The van der Waals surface area contributed by atoms with E-state index < -0.39 is 0 Å². The van der Waals surface area contributed by atoms with Gasteiger partial charge < -0.3 is 19.8 Å². The smallest absolute Gasteiger partial charge is 0.214 e. The number of aliphatic imine (C=N–C) groups is 1. The quantitative estimate of drug-likeness (QED) is 0.481. The van der Waals surface area contributed by atoms with Crippen molar-refractivity contribution in [2.24, 2.45) is 4.99 Å². The fourth-order valence-corrected chi connectivity index (χ4v) is 3.07. The number of aromatic nitrogens is 1. The Morgan fingerprint density at radius 1 is 1.14 bits per heavy atom. The van der Waals surface area contributed by atoms with E-state index in [1.54, 1.807) is 20.4 Å². The van der Waals surface area contributed by atoms with E-state index in [-0.39, 0.29) is 6.04 Å². The molecule has 0 aliphatic heterocycles. The average molecular weight is 393 g/mol. The lowest BCUT2D eigenvalue weighted by Crippen LogP contribution is -2.38. The second-order valence-corrected chi connectivity index (χ2v) is 7.02. The van der Waals surface area contributed by atoms with Crippen molar-refractivity contribution in [1.82, 2.24) is 15.6 Å². The Labute approximate surface area is 172 Å². The molecule has 2 aromatic carbocycles. The second-order valence-electron chi connectivity index (χ2n) is 7.02. The number of methoxy groups -OCH3 is 1. The summed E-state index contributed by atoms with van der Waals surface area (Å²) in [6.45, 7) is 6.64. The number of hydrogen-bond donors (Lipinski definition) is 2. The van der Waals surface area contributed by atoms with Gasteiger partial charge in [-0.25, -0.2) is 4.98 Å². The molecule has 6 heteroatoms. The molecule has 0 saturated carbocycles. The van der Waals surface area contributed by atoms with E-state index in [9.17, 15) is 0 Å². The van der Waals surface area contributed by atoms with E-state index in [2.05, 4.69) is 59.6 Å². The van der Waals surface area contributed by atoms with Crippen LogP contribution in [-0.4, -0.2) is 25.1 Å². The molecule has 0 aliphatic rings. The van der Waals surface area contributed by atoms with Crippen LogP contribution in [0.15, 0.2) is 58.1 Å². The zero-order valence-corrected chi connectivity index (χ0v) is 17.6. The van der Waals surface area contributed by atoms with Gasteiger partial charge in [0.2, 0.25) is 5.89 Å². The molecular formula is C23H28N4O2. The number of guanidine groups is 1. The van der Waals surface area contributed by atoms with Gasteiger partial charge in [-0.2, -0.15) is 0 Å². The van der Waals surface area contributed by atoms with Gasteiger partial charge in [-0.3, -0.25) is 4.99 Å². The van der Waals surface area contributed by atoms with Crippen molar-refractivity contribution in [2.45, 2.75) is 33.4 Å². The second kappa shape index (κ2) is 9.28. The molecule has 3 aromatic rings. The zero-order valence-electron chi connectivity index (χ0n) is 17.6. The molecule has 0 saturated heterocycles. The normalized spacial score (nSPS) is 12.5. The number of ether oxygens (including phenoxy) is 1. The maximum atomic E-state index is 5.87. The minimum absolute atomic E-state index is 0.0173. The largest absolute Gasteiger partial charge is 0.496 e. The number of rotatable bonds is 6. The third-order valence-electron chi connectivity index (χ3n) is 4.73. The Bertz CT molecular complexity index is 977. The van der Waals surface area contributed by atoms with E-state index in [1.165, 1.54) is 11.1 Å². The van der Waals surface area contributed by atoms with Gasteiger partial charge in [-0.05, 0) is 26.8 Å². The van der Waals surface area contributed by atoms with Crippen LogP contribution in [0.1, 0.15) is 35.5 Å². The predicted octanol–water partition coefficient (Wildman–Crippen LogP) is 4.39. The van der Waals surface area contributed by atoms with Crippen molar-refractivity contribution in [1.29, 1.82) is 0 Å². The molecule has 2 N–H and O–H groups in total. The third-order valence-corrected chi connectivity index (χ3v) is 4.73. The summed E-state index contributed by atoms with van der Waals surface area (Å²) in [5.74, 6) is 2.87. The van der Waals surface area contributed by atoms with Crippen molar-refractivity contribution in [3.63, 3.8) is 0 Å². The Hall–Kier alpha value is -3.28. The van der Waals surface area contributed by atoms with Gasteiger partial charge in [-0.15, -0.1) is 0 Å². The fraction of sp³-hybridized carbons (Fsp3) is 0.304. The highest BCUT2D eigenvalue weighted by Crippen LogP contribution is 2.26. The maximum Gasteiger partial charge on any atom is 0.214 e. The number of nitrogens with zero attached hydrogens (tertiary/aromatic N) is 2. The number of benzene rings is 2. The highest BCUT2D eigenvalue weighted by molar-refractivity contribution is 5.80. The van der Waals surface area contributed by atoms with Crippen molar-refractivity contribution in [3.8, 4) is 17.1 Å². The summed E-state index contributed by atoms with van der Waals surface area (Å²) in [7, 11) is 3.42. The Morgan fingerprint density at radius 2 is 1.86 bits per heavy atom. The molecule has 29 heavy (non-hydrogen) atoms. The van der Waals surface area contributed by atoms with Gasteiger partial charge in [0.1, 0.15) is 5.75 Å². The average Bonchev–Trinajstić information content (AvgIpc) is 3.20. The van der Waals surface area contributed by atoms with Gasteiger partial charge in [0.05, 0.1) is 25.9 Å². The Balaban J connectivity index is 1.63. The fourth-order valence-electron chi connectivity index (χ4n) is 3.07. The van der Waals surface area contributed by atoms with Gasteiger partial charge >= 0.3 is 0 Å². The van der Waals surface area contributed by atoms with E-state index in [0.29, 0.717) is 18.4 Å². The van der Waals surface area contributed by atoms with Gasteiger partial charge in [0, 0.05) is 18.2 Å². The van der Waals surface area contributed by atoms with E-state index in [0.717, 1.165) is 22.6 Å². The Morgan fingerprint density at radius 3 is 2.55 bits per heavy atom. The lowest BCUT2D eigenvalue weighted by molar-refractivity contribution is 0.405. The first-order chi connectivity index (χ1) is 14.0. The van der Waals surface area contributed by atoms with Crippen molar-refractivity contribution >= 4 is 5.96 Å². The summed E-state index contributed by atoms with van der Waals surface area (Å²) in [4.78, 5) is 8.67. The molecule has 6 nitrogen and oxygen atoms in total. The molecule has 152 valence electrons. The van der Waals surface area contributed by atoms with E-state index in [1.807, 2.05) is 24.3 Å². The molecule has 1 atom stereocenters. The molecule has 1 unspecified atom stereocenters. The van der Waals surface area contributed by atoms with E-state index in [4.69, 9.17) is 9.15 Å². The van der Waals surface area contributed by atoms with Crippen molar-refractivity contribution in [2.75, 3.05) is 14.2 Å². The van der Waals surface area contributed by atoms with Crippen LogP contribution in [0.2, 0.25) is 0 Å². The lowest BCUT2D eigenvalue weighted by atomic mass is 10.0. The van der Waals surface area contributed by atoms with Crippen LogP contribution in [-0.2, 0) is 6.54 Å². The number of aryl methyl sites for hydroxylation is 2. The summed E-state index contributed by atoms with van der Waals surface area (Å²) in [5, 5.41) is 6.64. The first-order valence-electron chi connectivity index (χ1n) is 9.63. The lowest BCUT2D eigenvalue weighted by Gasteiger charge is -2.20. The van der Waals surface area contributed by atoms with Crippen molar-refractivity contribution < 1.29 is 9.15 Å². The summed E-state index contributed by atoms with van der Waals surface area (Å²) >= 11 is 0. The summed E-state index contributed by atoms with van der Waals surface area (Å²) in [5.41, 5.74) is 4.48. The minimum atomic E-state index is 0.0173. The third kappa shape index (κ3) is 5.16. The topological polar surface area (TPSA) is 71.7 Å². The zero-order chi connectivity index (χ0) is 20.8. The molecule has 0 bridgehead atoms. The summed E-state index contributed by atoms with van der Waals surface area (Å²) < 4.78 is 11.4. The highest BCUT2D eigenvalue weighted by atomic mass is 16.5. The molecule has 0 aliphatic carbocycles. The number of hydrogen-bond acceptors (Lipinski definition) is 4. The molecule has 1 heterocycles. The maximum absolute atomic E-state index is 5.87. The van der Waals surface area contributed by atoms with Gasteiger partial charge in [0.15, 0.2) is 11.7 Å². The molecule has 0 amide bonds. The van der Waals surface area contributed by atoms with Crippen LogP contribution >= 0.6 is 0 Å². The highest BCUT2D eigenvalue weighted by Gasteiger charge is 2.14. The van der Waals surface area contributed by atoms with Crippen LogP contribution in [0.3, 0.4) is 0 Å². The predicted molar refractivity (Wildman–Crippen MR) is 116 cm³/mol. The minimum Gasteiger partial charge on any atom is -0.496 e. The van der Waals surface area contributed by atoms with Crippen LogP contribution < -0.4 is 15.4 Å². The number of nitrogens with one attached hydrogen (secondary N) is 2. The van der Waals surface area contributed by atoms with Crippen LogP contribution in [0, 0.1) is 13.8 Å². The van der Waals surface area contributed by atoms with Crippen LogP contribution in [0.25, 0.3) is 11.3 Å². The molecule has 0 fully saturated rings. The molecular weight excluding hydrogens is 364 g/mol. The standard InChI is InChI=1S/C23H28N4O2/c1-15-6-9-18(10-7-15)21-13-25-22(29-21)14-26-23(24-4)27-17(3)19-12-16(2)8-11-20(19)28-5/h6-13,17H,14H2,1-5H3,(H2,24,26,27). The Kier molecular flexibility index (Phi) is 6.54. The van der Waals surface area contributed by atoms with Gasteiger partial charge in [0.25, 0.3) is 0 Å².